The van der Waals surface area contributed by atoms with Crippen molar-refractivity contribution in [1.82, 2.24) is 18.7 Å². The van der Waals surface area contributed by atoms with Crippen LogP contribution in [-0.2, 0) is 20.6 Å². The number of rotatable bonds is 3. The fraction of sp³-hybridized carbons (Fsp3) is 0.500. The third kappa shape index (κ3) is 2.12. The smallest absolute Gasteiger partial charge is 0.332 e. The Morgan fingerprint density at radius 1 is 1.37 bits per heavy atom. The highest BCUT2D eigenvalue weighted by molar-refractivity contribution is 9.10. The second-order valence-electron chi connectivity index (χ2n) is 4.18. The first-order chi connectivity index (χ1) is 8.88. The molecule has 0 saturated carbocycles. The Bertz CT molecular complexity index is 748. The van der Waals surface area contributed by atoms with E-state index in [1.54, 1.807) is 0 Å². The van der Waals surface area contributed by atoms with E-state index < -0.39 is 24.0 Å². The molecule has 0 aliphatic carbocycles. The molecule has 0 spiro atoms. The summed E-state index contributed by atoms with van der Waals surface area (Å²) in [6.07, 6.45) is -1.24. The summed E-state index contributed by atoms with van der Waals surface area (Å²) in [5, 5.41) is 9.38. The normalized spacial score (nSPS) is 13.1. The van der Waals surface area contributed by atoms with Crippen molar-refractivity contribution >= 4 is 27.1 Å². The highest BCUT2D eigenvalue weighted by atomic mass is 79.9. The molecular weight excluding hydrogens is 323 g/mol. The maximum absolute atomic E-state index is 12.4. The Morgan fingerprint density at radius 2 is 2.00 bits per heavy atom. The topological polar surface area (TPSA) is 82.0 Å². The molecule has 19 heavy (non-hydrogen) atoms. The molecular formula is C10H12BrFN4O3. The number of hydrogen-bond donors (Lipinski definition) is 1. The number of alkyl halides is 1. The molecule has 0 fully saturated rings. The number of aliphatic hydroxyl groups excluding tert-OH is 1. The first-order valence-corrected chi connectivity index (χ1v) is 6.23. The maximum atomic E-state index is 12.4. The van der Waals surface area contributed by atoms with Crippen LogP contribution in [0.3, 0.4) is 0 Å². The van der Waals surface area contributed by atoms with Crippen molar-refractivity contribution < 1.29 is 9.50 Å². The molecule has 1 unspecified atom stereocenters. The summed E-state index contributed by atoms with van der Waals surface area (Å²) in [6, 6.07) is 0. The van der Waals surface area contributed by atoms with Crippen LogP contribution in [0.5, 0.6) is 0 Å². The predicted molar refractivity (Wildman–Crippen MR) is 69.9 cm³/mol. The minimum Gasteiger partial charge on any atom is -0.389 e. The molecule has 1 N–H and O–H groups in total. The van der Waals surface area contributed by atoms with Crippen LogP contribution in [0.2, 0.25) is 0 Å². The van der Waals surface area contributed by atoms with Crippen LogP contribution < -0.4 is 11.2 Å². The number of halogens is 2. The minimum absolute atomic E-state index is 0.124. The van der Waals surface area contributed by atoms with Gasteiger partial charge in [0.1, 0.15) is 12.8 Å². The molecule has 2 aromatic heterocycles. The standard InChI is InChI=1S/C10H12BrFN4O3/c1-14-7-6(8(18)15(2)10(14)19)16(9(11)13-7)4-5(17)3-12/h5,17H,3-4H2,1-2H3. The summed E-state index contributed by atoms with van der Waals surface area (Å²) < 4.78 is 16.2. The summed E-state index contributed by atoms with van der Waals surface area (Å²) in [6.45, 7) is -1.06. The van der Waals surface area contributed by atoms with Gasteiger partial charge in [0.25, 0.3) is 5.56 Å². The molecule has 0 bridgehead atoms. The van der Waals surface area contributed by atoms with Gasteiger partial charge in [-0.3, -0.25) is 13.9 Å². The van der Waals surface area contributed by atoms with Gasteiger partial charge in [-0.2, -0.15) is 0 Å². The second-order valence-corrected chi connectivity index (χ2v) is 4.89. The van der Waals surface area contributed by atoms with Crippen LogP contribution in [0.1, 0.15) is 0 Å². The summed E-state index contributed by atoms with van der Waals surface area (Å²) in [7, 11) is 2.83. The highest BCUT2D eigenvalue weighted by Gasteiger charge is 2.19. The van der Waals surface area contributed by atoms with E-state index in [9.17, 15) is 19.1 Å². The molecule has 0 saturated heterocycles. The first-order valence-electron chi connectivity index (χ1n) is 5.44. The molecule has 2 aromatic rings. The molecule has 0 radical (unpaired) electrons. The second kappa shape index (κ2) is 4.89. The Hall–Kier alpha value is -1.48. The SMILES string of the molecule is Cn1c(=O)c2c(nc(Br)n2CC(O)CF)n(C)c1=O. The van der Waals surface area contributed by atoms with Gasteiger partial charge in [0.05, 0.1) is 6.54 Å². The van der Waals surface area contributed by atoms with Gasteiger partial charge in [0.2, 0.25) is 0 Å². The van der Waals surface area contributed by atoms with E-state index in [0.29, 0.717) is 0 Å². The number of imidazole rings is 1. The molecule has 7 nitrogen and oxygen atoms in total. The Kier molecular flexibility index (Phi) is 3.59. The van der Waals surface area contributed by atoms with Crippen molar-refractivity contribution in [3.05, 3.63) is 25.6 Å². The number of nitrogens with zero attached hydrogens (tertiary/aromatic N) is 4. The van der Waals surface area contributed by atoms with Crippen molar-refractivity contribution in [2.24, 2.45) is 14.1 Å². The van der Waals surface area contributed by atoms with E-state index >= 15 is 0 Å². The Labute approximate surface area is 115 Å². The lowest BCUT2D eigenvalue weighted by molar-refractivity contribution is 0.122. The average Bonchev–Trinajstić information content (AvgIpc) is 2.71. The molecule has 2 heterocycles. The molecule has 104 valence electrons. The molecule has 9 heteroatoms. The number of aliphatic hydroxyl groups is 1. The van der Waals surface area contributed by atoms with Gasteiger partial charge in [-0.1, -0.05) is 0 Å². The molecule has 2 rings (SSSR count). The molecule has 0 aliphatic heterocycles. The van der Waals surface area contributed by atoms with E-state index in [4.69, 9.17) is 0 Å². The Morgan fingerprint density at radius 3 is 2.58 bits per heavy atom. The van der Waals surface area contributed by atoms with Crippen LogP contribution >= 0.6 is 15.9 Å². The lowest BCUT2D eigenvalue weighted by Crippen LogP contribution is -2.37. The van der Waals surface area contributed by atoms with Gasteiger partial charge in [0.15, 0.2) is 15.9 Å². The lowest BCUT2D eigenvalue weighted by Gasteiger charge is -2.09. The van der Waals surface area contributed by atoms with Gasteiger partial charge >= 0.3 is 5.69 Å². The molecule has 1 atom stereocenters. The molecule has 0 aromatic carbocycles. The number of aromatic nitrogens is 4. The van der Waals surface area contributed by atoms with Crippen molar-refractivity contribution in [1.29, 1.82) is 0 Å². The summed E-state index contributed by atoms with van der Waals surface area (Å²) >= 11 is 3.14. The van der Waals surface area contributed by atoms with Gasteiger partial charge in [-0.25, -0.2) is 14.2 Å². The average molecular weight is 335 g/mol. The van der Waals surface area contributed by atoms with Crippen LogP contribution in [0.25, 0.3) is 11.2 Å². The van der Waals surface area contributed by atoms with Gasteiger partial charge in [0, 0.05) is 14.1 Å². The Balaban J connectivity index is 2.83. The first kappa shape index (κ1) is 13.9. The summed E-state index contributed by atoms with van der Waals surface area (Å²) in [4.78, 5) is 27.9. The minimum atomic E-state index is -1.24. The van der Waals surface area contributed by atoms with E-state index in [-0.39, 0.29) is 22.4 Å². The van der Waals surface area contributed by atoms with E-state index in [0.717, 1.165) is 4.57 Å². The van der Waals surface area contributed by atoms with E-state index in [1.165, 1.54) is 23.2 Å². The number of aryl methyl sites for hydroxylation is 1. The fourth-order valence-corrected chi connectivity index (χ4v) is 2.34. The zero-order valence-corrected chi connectivity index (χ0v) is 11.9. The molecule has 0 amide bonds. The zero-order valence-electron chi connectivity index (χ0n) is 10.3. The fourth-order valence-electron chi connectivity index (χ4n) is 1.85. The van der Waals surface area contributed by atoms with Crippen molar-refractivity contribution in [2.45, 2.75) is 12.6 Å². The highest BCUT2D eigenvalue weighted by Crippen LogP contribution is 2.16. The van der Waals surface area contributed by atoms with E-state index in [1.807, 2.05) is 0 Å². The summed E-state index contributed by atoms with van der Waals surface area (Å²) in [5.74, 6) is 0. The lowest BCUT2D eigenvalue weighted by atomic mass is 10.4. The van der Waals surface area contributed by atoms with Crippen LogP contribution in [-0.4, -0.2) is 36.6 Å². The third-order valence-corrected chi connectivity index (χ3v) is 3.48. The monoisotopic (exact) mass is 334 g/mol. The van der Waals surface area contributed by atoms with Crippen molar-refractivity contribution in [3.8, 4) is 0 Å². The van der Waals surface area contributed by atoms with Crippen molar-refractivity contribution in [2.75, 3.05) is 6.67 Å². The quantitative estimate of drug-likeness (QED) is 0.769. The summed E-state index contributed by atoms with van der Waals surface area (Å²) in [5.41, 5.74) is -0.710. The third-order valence-electron chi connectivity index (χ3n) is 2.87. The van der Waals surface area contributed by atoms with Gasteiger partial charge < -0.3 is 9.67 Å². The van der Waals surface area contributed by atoms with Crippen LogP contribution in [0, 0.1) is 0 Å². The van der Waals surface area contributed by atoms with Gasteiger partial charge in [-0.05, 0) is 15.9 Å². The van der Waals surface area contributed by atoms with Crippen LogP contribution in [0.15, 0.2) is 14.3 Å². The van der Waals surface area contributed by atoms with Crippen LogP contribution in [0.4, 0.5) is 4.39 Å². The maximum Gasteiger partial charge on any atom is 0.332 e. The predicted octanol–water partition coefficient (Wildman–Crippen LogP) is -0.473. The molecule has 0 aliphatic rings. The zero-order chi connectivity index (χ0) is 14.3. The van der Waals surface area contributed by atoms with Crippen molar-refractivity contribution in [3.63, 3.8) is 0 Å². The number of fused-ring (bicyclic) bond motifs is 1. The largest absolute Gasteiger partial charge is 0.389 e. The van der Waals surface area contributed by atoms with E-state index in [2.05, 4.69) is 20.9 Å². The van der Waals surface area contributed by atoms with Gasteiger partial charge in [-0.15, -0.1) is 0 Å². The number of hydrogen-bond acceptors (Lipinski definition) is 4.